The molecule has 8 nitrogen and oxygen atoms in total. The minimum atomic E-state index is -3.06. The van der Waals surface area contributed by atoms with Gasteiger partial charge in [-0.05, 0) is 31.2 Å². The Bertz CT molecular complexity index is 1440. The van der Waals surface area contributed by atoms with Crippen LogP contribution in [-0.4, -0.2) is 74.7 Å². The molecule has 1 atom stereocenters. The van der Waals surface area contributed by atoms with Crippen molar-refractivity contribution in [3.8, 4) is 17.0 Å². The second kappa shape index (κ2) is 8.84. The monoisotopic (exact) mass is 513 g/mol. The van der Waals surface area contributed by atoms with E-state index >= 15 is 4.39 Å². The van der Waals surface area contributed by atoms with Crippen molar-refractivity contribution in [1.82, 2.24) is 29.0 Å². The van der Waals surface area contributed by atoms with E-state index in [4.69, 9.17) is 4.74 Å². The number of anilines is 1. The molecule has 36 heavy (non-hydrogen) atoms. The van der Waals surface area contributed by atoms with Crippen LogP contribution in [0.3, 0.4) is 0 Å². The minimum Gasteiger partial charge on any atom is -0.479 e. The number of methoxy groups -OCH3 is 1. The molecule has 0 saturated carbocycles. The summed E-state index contributed by atoms with van der Waals surface area (Å²) in [5.41, 5.74) is -0.216. The first-order valence-corrected chi connectivity index (χ1v) is 11.0. The number of hydrogen-bond donors (Lipinski definition) is 1. The lowest BCUT2D eigenvalue weighted by molar-refractivity contribution is -0.0675. The Morgan fingerprint density at radius 1 is 1.22 bits per heavy atom. The summed E-state index contributed by atoms with van der Waals surface area (Å²) in [4.78, 5) is 9.48. The van der Waals surface area contributed by atoms with Gasteiger partial charge >= 0.3 is 0 Å². The van der Waals surface area contributed by atoms with E-state index in [1.165, 1.54) is 18.1 Å². The minimum absolute atomic E-state index is 0.00867. The Hall–Kier alpha value is -3.55. The molecule has 5 rings (SSSR count). The average molecular weight is 513 g/mol. The van der Waals surface area contributed by atoms with Crippen LogP contribution < -0.4 is 10.1 Å². The predicted octanol–water partition coefficient (Wildman–Crippen LogP) is 4.05. The number of benzene rings is 1. The largest absolute Gasteiger partial charge is 0.479 e. The van der Waals surface area contributed by atoms with Crippen molar-refractivity contribution in [3.63, 3.8) is 0 Å². The highest BCUT2D eigenvalue weighted by Crippen LogP contribution is 2.37. The van der Waals surface area contributed by atoms with Crippen LogP contribution in [0.25, 0.3) is 27.7 Å². The highest BCUT2D eigenvalue weighted by Gasteiger charge is 2.44. The van der Waals surface area contributed by atoms with Gasteiger partial charge < -0.3 is 19.5 Å². The number of hydrogen-bond acceptors (Lipinski definition) is 6. The SMILES string of the molecule is COc1nc(NC2CCN(C)CC2(F)F)nn2cc(F)c(-c3cc(F)c4ncn(CC(F)F)c4c3)c12. The van der Waals surface area contributed by atoms with Crippen LogP contribution in [0.15, 0.2) is 24.7 Å². The fourth-order valence-corrected chi connectivity index (χ4v) is 4.50. The lowest BCUT2D eigenvalue weighted by atomic mass is 10.0. The Kier molecular flexibility index (Phi) is 5.93. The first kappa shape index (κ1) is 24.2. The first-order chi connectivity index (χ1) is 17.1. The first-order valence-electron chi connectivity index (χ1n) is 11.0. The van der Waals surface area contributed by atoms with Crippen LogP contribution in [-0.2, 0) is 6.54 Å². The standard InChI is InChI=1S/C22H21F6N7O/c1-33-4-3-15(22(27,28)9-33)30-21-31-20(36-2)19-17(13(24)7-35(19)32-21)11-5-12(23)18-14(6-11)34(10-29-18)8-16(25)26/h5-7,10,15-16H,3-4,8-9H2,1-2H3,(H,30,32). The number of piperidine rings is 1. The maximum Gasteiger partial charge on any atom is 0.280 e. The van der Waals surface area contributed by atoms with Crippen molar-refractivity contribution in [3.05, 3.63) is 36.3 Å². The fourth-order valence-electron chi connectivity index (χ4n) is 4.50. The van der Waals surface area contributed by atoms with Gasteiger partial charge in [-0.3, -0.25) is 0 Å². The van der Waals surface area contributed by atoms with E-state index in [2.05, 4.69) is 20.4 Å². The van der Waals surface area contributed by atoms with Crippen LogP contribution in [0.1, 0.15) is 6.42 Å². The quantitative estimate of drug-likeness (QED) is 0.393. The molecule has 192 valence electrons. The summed E-state index contributed by atoms with van der Waals surface area (Å²) in [6.45, 7) is -0.727. The molecule has 1 aliphatic heterocycles. The number of likely N-dealkylation sites (tertiary alicyclic amines) is 1. The molecule has 1 aliphatic rings. The van der Waals surface area contributed by atoms with E-state index in [9.17, 15) is 22.0 Å². The van der Waals surface area contributed by atoms with E-state index in [1.807, 2.05) is 0 Å². The van der Waals surface area contributed by atoms with E-state index in [1.54, 1.807) is 7.05 Å². The molecule has 1 N–H and O–H groups in total. The molecule has 4 heterocycles. The molecule has 1 unspecified atom stereocenters. The molecular formula is C22H21F6N7O. The molecule has 1 saturated heterocycles. The van der Waals surface area contributed by atoms with Gasteiger partial charge in [0.15, 0.2) is 11.6 Å². The maximum atomic E-state index is 15.2. The summed E-state index contributed by atoms with van der Waals surface area (Å²) < 4.78 is 92.3. The molecule has 0 bridgehead atoms. The molecule has 1 aromatic carbocycles. The molecule has 1 fully saturated rings. The van der Waals surface area contributed by atoms with Crippen molar-refractivity contribution in [1.29, 1.82) is 0 Å². The zero-order chi connectivity index (χ0) is 25.8. The van der Waals surface area contributed by atoms with Gasteiger partial charge in [0.05, 0.1) is 49.8 Å². The molecule has 0 amide bonds. The second-order valence-corrected chi connectivity index (χ2v) is 8.69. The van der Waals surface area contributed by atoms with Gasteiger partial charge in [0, 0.05) is 6.54 Å². The summed E-state index contributed by atoms with van der Waals surface area (Å²) in [5, 5.41) is 6.74. The summed E-state index contributed by atoms with van der Waals surface area (Å²) in [6, 6.07) is 1.10. The molecule has 0 radical (unpaired) electrons. The molecule has 14 heteroatoms. The van der Waals surface area contributed by atoms with Gasteiger partial charge in [-0.25, -0.2) is 35.8 Å². The smallest absolute Gasteiger partial charge is 0.280 e. The molecule has 4 aromatic rings. The van der Waals surface area contributed by atoms with E-state index in [0.717, 1.165) is 27.7 Å². The number of alkyl halides is 4. The van der Waals surface area contributed by atoms with Crippen LogP contribution in [0.5, 0.6) is 5.88 Å². The van der Waals surface area contributed by atoms with Gasteiger partial charge in [0.2, 0.25) is 11.8 Å². The van der Waals surface area contributed by atoms with E-state index in [0.29, 0.717) is 6.54 Å². The van der Waals surface area contributed by atoms with E-state index in [-0.39, 0.29) is 45.9 Å². The molecule has 0 spiro atoms. The van der Waals surface area contributed by atoms with Gasteiger partial charge in [0.1, 0.15) is 11.0 Å². The average Bonchev–Trinajstić information content (AvgIpc) is 3.34. The Labute approximate surface area is 200 Å². The Morgan fingerprint density at radius 3 is 2.69 bits per heavy atom. The predicted molar refractivity (Wildman–Crippen MR) is 119 cm³/mol. The van der Waals surface area contributed by atoms with Crippen LogP contribution in [0.2, 0.25) is 0 Å². The van der Waals surface area contributed by atoms with Crippen molar-refractivity contribution in [2.75, 3.05) is 32.6 Å². The topological polar surface area (TPSA) is 72.5 Å². The zero-order valence-electron chi connectivity index (χ0n) is 19.2. The van der Waals surface area contributed by atoms with E-state index < -0.39 is 43.1 Å². The normalized spacial score (nSPS) is 18.4. The number of imidazole rings is 1. The van der Waals surface area contributed by atoms with Crippen LogP contribution in [0.4, 0.5) is 32.3 Å². The van der Waals surface area contributed by atoms with Crippen LogP contribution in [0, 0.1) is 11.6 Å². The van der Waals surface area contributed by atoms with Gasteiger partial charge in [-0.15, -0.1) is 5.10 Å². The number of ether oxygens (including phenoxy) is 1. The van der Waals surface area contributed by atoms with Gasteiger partial charge in [0.25, 0.3) is 12.3 Å². The van der Waals surface area contributed by atoms with Crippen molar-refractivity contribution < 1.29 is 31.1 Å². The molecule has 0 aliphatic carbocycles. The highest BCUT2D eigenvalue weighted by molar-refractivity contribution is 5.90. The molecule has 3 aromatic heterocycles. The molecular weight excluding hydrogens is 492 g/mol. The highest BCUT2D eigenvalue weighted by atomic mass is 19.3. The maximum absolute atomic E-state index is 15.2. The number of rotatable bonds is 6. The summed E-state index contributed by atoms with van der Waals surface area (Å²) in [7, 11) is 2.85. The van der Waals surface area contributed by atoms with Crippen molar-refractivity contribution in [2.45, 2.75) is 31.4 Å². The summed E-state index contributed by atoms with van der Waals surface area (Å²) in [6.07, 6.45) is -0.522. The van der Waals surface area contributed by atoms with Gasteiger partial charge in [-0.2, -0.15) is 4.98 Å². The van der Waals surface area contributed by atoms with Crippen molar-refractivity contribution in [2.24, 2.45) is 0 Å². The van der Waals surface area contributed by atoms with Crippen molar-refractivity contribution >= 4 is 22.5 Å². The van der Waals surface area contributed by atoms with Crippen LogP contribution >= 0.6 is 0 Å². The number of aromatic nitrogens is 5. The third kappa shape index (κ3) is 4.18. The Balaban J connectivity index is 1.59. The Morgan fingerprint density at radius 2 is 2.00 bits per heavy atom. The second-order valence-electron chi connectivity index (χ2n) is 8.69. The summed E-state index contributed by atoms with van der Waals surface area (Å²) in [5.74, 6) is -5.07. The number of nitrogens with one attached hydrogen (secondary N) is 1. The fraction of sp³-hybridized carbons (Fsp3) is 0.409. The number of halogens is 6. The van der Waals surface area contributed by atoms with Gasteiger partial charge in [-0.1, -0.05) is 0 Å². The third-order valence-corrected chi connectivity index (χ3v) is 6.14. The number of fused-ring (bicyclic) bond motifs is 2. The third-order valence-electron chi connectivity index (χ3n) is 6.14. The lowest BCUT2D eigenvalue weighted by Crippen LogP contribution is -2.53. The number of nitrogens with zero attached hydrogens (tertiary/aromatic N) is 6. The summed E-state index contributed by atoms with van der Waals surface area (Å²) >= 11 is 0. The lowest BCUT2D eigenvalue weighted by Gasteiger charge is -2.36. The zero-order valence-corrected chi connectivity index (χ0v) is 19.2.